The molecule has 6 heteroatoms. The smallest absolute Gasteiger partial charge is 0.159 e. The van der Waals surface area contributed by atoms with Gasteiger partial charge in [-0.05, 0) is 128 Å². The fraction of sp³-hybridized carbons (Fsp3) is 0.833. The maximum absolute atomic E-state index is 15.4. The molecule has 6 fully saturated rings. The molecule has 5 N–H and O–H groups in total. The molecular formula is C42H58O6. The van der Waals surface area contributed by atoms with Crippen LogP contribution in [0.15, 0.2) is 23.8 Å². The molecule has 0 saturated heterocycles. The van der Waals surface area contributed by atoms with Crippen LogP contribution in [0.3, 0.4) is 0 Å². The first-order chi connectivity index (χ1) is 22.7. The third-order valence-electron chi connectivity index (χ3n) is 18.3. The van der Waals surface area contributed by atoms with E-state index in [4.69, 9.17) is 0 Å². The lowest BCUT2D eigenvalue weighted by atomic mass is 9.26. The summed E-state index contributed by atoms with van der Waals surface area (Å²) in [5.41, 5.74) is -3.29. The first kappa shape index (κ1) is 32.4. The van der Waals surface area contributed by atoms with Gasteiger partial charge in [-0.3, -0.25) is 4.79 Å². The highest BCUT2D eigenvalue weighted by Gasteiger charge is 2.82. The minimum absolute atomic E-state index is 0.00231. The molecule has 15 atom stereocenters. The van der Waals surface area contributed by atoms with E-state index in [1.54, 1.807) is 0 Å². The summed E-state index contributed by atoms with van der Waals surface area (Å²) in [6.07, 6.45) is 17.7. The van der Waals surface area contributed by atoms with Gasteiger partial charge in [0.15, 0.2) is 5.78 Å². The number of ketones is 1. The average molecular weight is 659 g/mol. The normalized spacial score (nSPS) is 58.2. The molecule has 0 heterocycles. The Bertz CT molecular complexity index is 1550. The number of aliphatic hydroxyl groups is 5. The molecule has 10 aliphatic carbocycles. The van der Waals surface area contributed by atoms with Crippen LogP contribution in [0.2, 0.25) is 0 Å². The molecule has 0 unspecified atom stereocenters. The second-order valence-electron chi connectivity index (χ2n) is 19.5. The maximum atomic E-state index is 15.4. The van der Waals surface area contributed by atoms with Crippen molar-refractivity contribution < 1.29 is 30.3 Å². The summed E-state index contributed by atoms with van der Waals surface area (Å²) in [7, 11) is 0. The summed E-state index contributed by atoms with van der Waals surface area (Å²) in [4.78, 5) is 15.4. The van der Waals surface area contributed by atoms with Crippen LogP contribution >= 0.6 is 0 Å². The lowest BCUT2D eigenvalue weighted by Gasteiger charge is -2.77. The zero-order chi connectivity index (χ0) is 33.8. The second-order valence-corrected chi connectivity index (χ2v) is 19.5. The number of allylic oxidation sites excluding steroid dienone is 3. The van der Waals surface area contributed by atoms with E-state index >= 15 is 4.79 Å². The molecule has 0 aromatic carbocycles. The van der Waals surface area contributed by atoms with Crippen LogP contribution < -0.4 is 0 Å². The minimum atomic E-state index is -1.26. The van der Waals surface area contributed by atoms with Crippen molar-refractivity contribution in [1.82, 2.24) is 0 Å². The number of carbonyl (C=O) groups excluding carboxylic acids is 1. The second kappa shape index (κ2) is 9.88. The molecule has 6 nitrogen and oxygen atoms in total. The molecule has 10 aliphatic rings. The third-order valence-corrected chi connectivity index (χ3v) is 18.3. The highest BCUT2D eigenvalue weighted by atomic mass is 16.3. The zero-order valence-electron chi connectivity index (χ0n) is 29.4. The van der Waals surface area contributed by atoms with Crippen LogP contribution in [-0.4, -0.2) is 61.8 Å². The summed E-state index contributed by atoms with van der Waals surface area (Å²) in [5, 5.41) is 59.3. The number of rotatable bonds is 2. The summed E-state index contributed by atoms with van der Waals surface area (Å²) in [6.45, 7) is 6.39. The Morgan fingerprint density at radius 2 is 1.71 bits per heavy atom. The van der Waals surface area contributed by atoms with Gasteiger partial charge in [0.1, 0.15) is 6.10 Å². The van der Waals surface area contributed by atoms with E-state index in [-0.39, 0.29) is 45.2 Å². The SMILES string of the molecule is C[C@@]12CCC#C[C@H](O)[C@]34[C@H](C1)C1=CC(=O)[C@@H]5[C@]67CCCC[C@]5(CC[C@@H]6[C@](C)([C@H](O)CO)[C@@H](O)CC7)[C@]1(C)C[C@@]3(O)C=C[C@@H]1CCC[C@]14C2. The van der Waals surface area contributed by atoms with Crippen molar-refractivity contribution in [3.8, 4) is 11.8 Å². The molecule has 262 valence electrons. The Morgan fingerprint density at radius 1 is 0.938 bits per heavy atom. The van der Waals surface area contributed by atoms with Crippen molar-refractivity contribution in [3.63, 3.8) is 0 Å². The van der Waals surface area contributed by atoms with Crippen molar-refractivity contribution >= 4 is 5.78 Å². The van der Waals surface area contributed by atoms with Crippen molar-refractivity contribution in [3.05, 3.63) is 23.8 Å². The number of hydrogen-bond acceptors (Lipinski definition) is 6. The van der Waals surface area contributed by atoms with Gasteiger partial charge in [0.05, 0.1) is 29.8 Å². The first-order valence-corrected chi connectivity index (χ1v) is 19.5. The largest absolute Gasteiger partial charge is 0.394 e. The van der Waals surface area contributed by atoms with E-state index < -0.39 is 46.8 Å². The van der Waals surface area contributed by atoms with Crippen molar-refractivity contribution in [2.24, 2.45) is 61.6 Å². The van der Waals surface area contributed by atoms with Gasteiger partial charge >= 0.3 is 0 Å². The van der Waals surface area contributed by atoms with Crippen LogP contribution in [0, 0.1) is 73.4 Å². The monoisotopic (exact) mass is 658 g/mol. The molecule has 0 amide bonds. The van der Waals surface area contributed by atoms with Crippen molar-refractivity contribution in [2.45, 2.75) is 147 Å². The minimum Gasteiger partial charge on any atom is -0.394 e. The van der Waals surface area contributed by atoms with Gasteiger partial charge in [-0.2, -0.15) is 0 Å². The number of aliphatic hydroxyl groups excluding tert-OH is 4. The van der Waals surface area contributed by atoms with Gasteiger partial charge < -0.3 is 25.5 Å². The van der Waals surface area contributed by atoms with Gasteiger partial charge in [0.2, 0.25) is 0 Å². The quantitative estimate of drug-likeness (QED) is 0.194. The van der Waals surface area contributed by atoms with Crippen LogP contribution in [0.25, 0.3) is 0 Å². The van der Waals surface area contributed by atoms with Crippen molar-refractivity contribution in [1.29, 1.82) is 0 Å². The fourth-order valence-electron chi connectivity index (χ4n) is 16.8. The Kier molecular flexibility index (Phi) is 6.68. The molecule has 4 bridgehead atoms. The van der Waals surface area contributed by atoms with Crippen LogP contribution in [0.1, 0.15) is 124 Å². The van der Waals surface area contributed by atoms with E-state index in [9.17, 15) is 25.5 Å². The Balaban J connectivity index is 1.29. The van der Waals surface area contributed by atoms with Gasteiger partial charge in [0, 0.05) is 17.8 Å². The van der Waals surface area contributed by atoms with Crippen LogP contribution in [0.5, 0.6) is 0 Å². The molecule has 10 rings (SSSR count). The van der Waals surface area contributed by atoms with E-state index in [0.29, 0.717) is 18.8 Å². The van der Waals surface area contributed by atoms with E-state index in [0.717, 1.165) is 89.9 Å². The molecule has 0 aliphatic heterocycles. The summed E-state index contributed by atoms with van der Waals surface area (Å²) in [6, 6.07) is 0. The van der Waals surface area contributed by atoms with Crippen molar-refractivity contribution in [2.75, 3.05) is 6.61 Å². The molecule has 0 radical (unpaired) electrons. The number of hydrogen-bond donors (Lipinski definition) is 5. The Labute approximate surface area is 286 Å². The van der Waals surface area contributed by atoms with E-state index in [2.05, 4.69) is 43.9 Å². The number of carbonyl (C=O) groups is 1. The van der Waals surface area contributed by atoms with Gasteiger partial charge in [0.25, 0.3) is 0 Å². The third kappa shape index (κ3) is 3.35. The highest BCUT2D eigenvalue weighted by molar-refractivity contribution is 5.96. The molecule has 3 spiro atoms. The predicted octanol–water partition coefficient (Wildman–Crippen LogP) is 5.64. The van der Waals surface area contributed by atoms with Gasteiger partial charge in [-0.15, -0.1) is 5.92 Å². The fourth-order valence-corrected chi connectivity index (χ4v) is 16.8. The standard InChI is InChI=1S/C42H58O6/c1-35-14-5-4-10-32(46)42-28(22-35)27-21-29(44)34-38-15-6-7-16-39(34,19-12-30(38)37(3,33(47)23-43)31(45)13-18-38)36(27,2)25-41(42,48)20-11-26-9-8-17-40(26,42)24-35/h11,20-21,26,28,30-34,43,45-48H,5-9,12-19,22-25H2,1-3H3/t26-,28+,30+,31-,32-,33+,34+,35+,36+,37-,38-,39+,40-,41-,42-/m0/s1. The van der Waals surface area contributed by atoms with Gasteiger partial charge in [-0.25, -0.2) is 0 Å². The molecule has 48 heavy (non-hydrogen) atoms. The lowest BCUT2D eigenvalue weighted by Crippen LogP contribution is -2.78. The van der Waals surface area contributed by atoms with Gasteiger partial charge in [-0.1, -0.05) is 63.7 Å². The summed E-state index contributed by atoms with van der Waals surface area (Å²) in [5.74, 6) is 6.73. The average Bonchev–Trinajstić information content (AvgIpc) is 3.43. The maximum Gasteiger partial charge on any atom is 0.159 e. The lowest BCUT2D eigenvalue weighted by molar-refractivity contribution is -0.293. The molecule has 0 aromatic rings. The molecule has 0 aromatic heterocycles. The summed E-state index contributed by atoms with van der Waals surface area (Å²) >= 11 is 0. The van der Waals surface area contributed by atoms with Crippen LogP contribution in [0.4, 0.5) is 0 Å². The first-order valence-electron chi connectivity index (χ1n) is 19.5. The molecular weight excluding hydrogens is 600 g/mol. The highest BCUT2D eigenvalue weighted by Crippen LogP contribution is 2.84. The van der Waals surface area contributed by atoms with E-state index in [1.807, 2.05) is 6.92 Å². The number of fused-ring (bicyclic) bond motifs is 4. The zero-order valence-corrected chi connectivity index (χ0v) is 29.4. The Morgan fingerprint density at radius 3 is 2.50 bits per heavy atom. The topological polar surface area (TPSA) is 118 Å². The Hall–Kier alpha value is -1.49. The predicted molar refractivity (Wildman–Crippen MR) is 182 cm³/mol. The summed E-state index contributed by atoms with van der Waals surface area (Å²) < 4.78 is 0. The van der Waals surface area contributed by atoms with Crippen LogP contribution in [-0.2, 0) is 4.79 Å². The van der Waals surface area contributed by atoms with E-state index in [1.165, 1.54) is 5.57 Å². The molecule has 6 saturated carbocycles.